The van der Waals surface area contributed by atoms with Crippen LogP contribution in [0.3, 0.4) is 0 Å². The van der Waals surface area contributed by atoms with Gasteiger partial charge >= 0.3 is 0 Å². The molecule has 2 rings (SSSR count). The summed E-state index contributed by atoms with van der Waals surface area (Å²) >= 11 is 0. The molecule has 2 unspecified atom stereocenters. The zero-order valence-corrected chi connectivity index (χ0v) is 7.13. The van der Waals surface area contributed by atoms with E-state index in [2.05, 4.69) is 26.0 Å². The van der Waals surface area contributed by atoms with Gasteiger partial charge in [0.25, 0.3) is 0 Å². The maximum absolute atomic E-state index is 5.40. The summed E-state index contributed by atoms with van der Waals surface area (Å²) in [7, 11) is 0. The van der Waals surface area contributed by atoms with E-state index in [9.17, 15) is 0 Å². The van der Waals surface area contributed by atoms with Crippen molar-refractivity contribution in [3.63, 3.8) is 0 Å². The zero-order valence-electron chi connectivity index (χ0n) is 7.13. The van der Waals surface area contributed by atoms with E-state index in [1.54, 1.807) is 0 Å². The summed E-state index contributed by atoms with van der Waals surface area (Å²) in [5.41, 5.74) is 3.05. The van der Waals surface area contributed by atoms with Gasteiger partial charge in [-0.25, -0.2) is 0 Å². The fraction of sp³-hybridized carbons (Fsp3) is 0.600. The molecule has 0 bridgehead atoms. The molecule has 2 atom stereocenters. The Morgan fingerprint density at radius 3 is 3.09 bits per heavy atom. The second-order valence-electron chi connectivity index (χ2n) is 3.50. The minimum absolute atomic E-state index is 0.603. The van der Waals surface area contributed by atoms with E-state index in [0.717, 1.165) is 13.2 Å². The fourth-order valence-corrected chi connectivity index (χ4v) is 1.82. The Morgan fingerprint density at radius 2 is 2.27 bits per heavy atom. The van der Waals surface area contributed by atoms with Gasteiger partial charge in [-0.2, -0.15) is 0 Å². The molecule has 0 amide bonds. The Labute approximate surface area is 67.7 Å². The molecule has 1 nitrogen and oxygen atoms in total. The first kappa shape index (κ1) is 7.11. The summed E-state index contributed by atoms with van der Waals surface area (Å²) in [6.07, 6.45) is 4.58. The number of rotatable bonds is 0. The molecule has 1 aliphatic carbocycles. The normalized spacial score (nSPS) is 36.2. The molecular formula is C10H14O. The van der Waals surface area contributed by atoms with Crippen molar-refractivity contribution < 1.29 is 4.74 Å². The molecule has 0 aromatic carbocycles. The lowest BCUT2D eigenvalue weighted by Crippen LogP contribution is -2.09. The van der Waals surface area contributed by atoms with Crippen molar-refractivity contribution in [2.75, 3.05) is 13.2 Å². The van der Waals surface area contributed by atoms with Crippen LogP contribution in [0.4, 0.5) is 0 Å². The van der Waals surface area contributed by atoms with E-state index in [1.807, 2.05) is 0 Å². The smallest absolute Gasteiger partial charge is 0.0686 e. The maximum atomic E-state index is 5.40. The molecule has 1 fully saturated rings. The number of allylic oxidation sites excluding steroid dienone is 2. The monoisotopic (exact) mass is 150 g/mol. The molecule has 11 heavy (non-hydrogen) atoms. The molecule has 2 aliphatic rings. The van der Waals surface area contributed by atoms with E-state index < -0.39 is 0 Å². The van der Waals surface area contributed by atoms with Crippen molar-refractivity contribution in [3.8, 4) is 0 Å². The molecular weight excluding hydrogens is 136 g/mol. The van der Waals surface area contributed by atoms with Crippen LogP contribution in [-0.2, 0) is 4.74 Å². The number of ether oxygens (including phenoxy) is 1. The SMILES string of the molecule is CC1=C2COCC2C=CC1C. The van der Waals surface area contributed by atoms with Crippen molar-refractivity contribution >= 4 is 0 Å². The summed E-state index contributed by atoms with van der Waals surface area (Å²) in [5.74, 6) is 1.23. The van der Waals surface area contributed by atoms with Gasteiger partial charge in [-0.05, 0) is 18.4 Å². The van der Waals surface area contributed by atoms with Gasteiger partial charge in [0, 0.05) is 5.92 Å². The van der Waals surface area contributed by atoms with Crippen LogP contribution in [0.25, 0.3) is 0 Å². The Balaban J connectivity index is 2.33. The van der Waals surface area contributed by atoms with Crippen LogP contribution in [0.15, 0.2) is 23.3 Å². The quantitative estimate of drug-likeness (QED) is 0.481. The van der Waals surface area contributed by atoms with E-state index in [4.69, 9.17) is 4.74 Å². The molecule has 0 spiro atoms. The van der Waals surface area contributed by atoms with E-state index >= 15 is 0 Å². The van der Waals surface area contributed by atoms with Crippen molar-refractivity contribution in [2.24, 2.45) is 11.8 Å². The second-order valence-corrected chi connectivity index (χ2v) is 3.50. The highest BCUT2D eigenvalue weighted by atomic mass is 16.5. The third kappa shape index (κ3) is 1.04. The molecule has 1 heterocycles. The first-order valence-corrected chi connectivity index (χ1v) is 4.24. The van der Waals surface area contributed by atoms with Crippen LogP contribution in [0.2, 0.25) is 0 Å². The molecule has 1 heteroatoms. The topological polar surface area (TPSA) is 9.23 Å². The lowest BCUT2D eigenvalue weighted by atomic mass is 9.85. The standard InChI is InChI=1S/C10H14O/c1-7-3-4-9-5-11-6-10(9)8(7)2/h3-4,7,9H,5-6H2,1-2H3. The van der Waals surface area contributed by atoms with Crippen LogP contribution < -0.4 is 0 Å². The van der Waals surface area contributed by atoms with Crippen molar-refractivity contribution in [1.29, 1.82) is 0 Å². The van der Waals surface area contributed by atoms with Crippen LogP contribution >= 0.6 is 0 Å². The Morgan fingerprint density at radius 1 is 1.45 bits per heavy atom. The Kier molecular flexibility index (Phi) is 1.61. The number of fused-ring (bicyclic) bond motifs is 1. The predicted molar refractivity (Wildman–Crippen MR) is 45.3 cm³/mol. The first-order valence-electron chi connectivity index (χ1n) is 4.24. The summed E-state index contributed by atoms with van der Waals surface area (Å²) in [6, 6.07) is 0. The summed E-state index contributed by atoms with van der Waals surface area (Å²) < 4.78 is 5.40. The van der Waals surface area contributed by atoms with Gasteiger partial charge < -0.3 is 4.74 Å². The molecule has 0 saturated carbocycles. The third-order valence-corrected chi connectivity index (χ3v) is 2.82. The van der Waals surface area contributed by atoms with E-state index in [0.29, 0.717) is 11.8 Å². The number of hydrogen-bond donors (Lipinski definition) is 0. The molecule has 0 N–H and O–H groups in total. The maximum Gasteiger partial charge on any atom is 0.0686 e. The van der Waals surface area contributed by atoms with Gasteiger partial charge in [-0.3, -0.25) is 0 Å². The van der Waals surface area contributed by atoms with E-state index in [-0.39, 0.29) is 0 Å². The lowest BCUT2D eigenvalue weighted by molar-refractivity contribution is 0.195. The molecule has 1 aliphatic heterocycles. The van der Waals surface area contributed by atoms with Crippen molar-refractivity contribution in [2.45, 2.75) is 13.8 Å². The van der Waals surface area contributed by atoms with Crippen molar-refractivity contribution in [3.05, 3.63) is 23.3 Å². The van der Waals surface area contributed by atoms with Crippen LogP contribution in [0.1, 0.15) is 13.8 Å². The average molecular weight is 150 g/mol. The molecule has 0 radical (unpaired) electrons. The third-order valence-electron chi connectivity index (χ3n) is 2.82. The molecule has 60 valence electrons. The first-order chi connectivity index (χ1) is 5.29. The van der Waals surface area contributed by atoms with Gasteiger partial charge in [-0.15, -0.1) is 0 Å². The summed E-state index contributed by atoms with van der Waals surface area (Å²) in [6.45, 7) is 6.24. The minimum atomic E-state index is 0.603. The molecule has 0 aromatic heterocycles. The Hall–Kier alpha value is -0.560. The Bertz CT molecular complexity index is 225. The lowest BCUT2D eigenvalue weighted by Gasteiger charge is -2.19. The van der Waals surface area contributed by atoms with Gasteiger partial charge in [0.05, 0.1) is 13.2 Å². The van der Waals surface area contributed by atoms with Crippen LogP contribution in [0, 0.1) is 11.8 Å². The summed E-state index contributed by atoms with van der Waals surface area (Å²) in [4.78, 5) is 0. The minimum Gasteiger partial charge on any atom is -0.376 e. The average Bonchev–Trinajstić information content (AvgIpc) is 2.45. The highest BCUT2D eigenvalue weighted by Gasteiger charge is 2.25. The van der Waals surface area contributed by atoms with Crippen LogP contribution in [-0.4, -0.2) is 13.2 Å². The highest BCUT2D eigenvalue weighted by molar-refractivity contribution is 5.31. The van der Waals surface area contributed by atoms with Gasteiger partial charge in [-0.1, -0.05) is 24.6 Å². The largest absolute Gasteiger partial charge is 0.376 e. The number of hydrogen-bond acceptors (Lipinski definition) is 1. The van der Waals surface area contributed by atoms with E-state index in [1.165, 1.54) is 11.1 Å². The van der Waals surface area contributed by atoms with Crippen LogP contribution in [0.5, 0.6) is 0 Å². The highest BCUT2D eigenvalue weighted by Crippen LogP contribution is 2.32. The molecule has 1 saturated heterocycles. The second kappa shape index (κ2) is 2.49. The summed E-state index contributed by atoms with van der Waals surface area (Å²) in [5, 5.41) is 0. The predicted octanol–water partition coefficient (Wildman–Crippen LogP) is 2.16. The molecule has 0 aromatic rings. The van der Waals surface area contributed by atoms with Gasteiger partial charge in [0.2, 0.25) is 0 Å². The van der Waals surface area contributed by atoms with Gasteiger partial charge in [0.15, 0.2) is 0 Å². The van der Waals surface area contributed by atoms with Gasteiger partial charge in [0.1, 0.15) is 0 Å². The zero-order chi connectivity index (χ0) is 7.84. The fourth-order valence-electron chi connectivity index (χ4n) is 1.82. The van der Waals surface area contributed by atoms with Crippen molar-refractivity contribution in [1.82, 2.24) is 0 Å².